The van der Waals surface area contributed by atoms with Gasteiger partial charge in [-0.15, -0.1) is 34.2 Å². The van der Waals surface area contributed by atoms with Crippen molar-refractivity contribution in [2.75, 3.05) is 44.7 Å². The van der Waals surface area contributed by atoms with Crippen LogP contribution in [0.2, 0.25) is 0 Å². The lowest BCUT2D eigenvalue weighted by molar-refractivity contribution is 0.338. The first-order valence-electron chi connectivity index (χ1n) is 9.99. The molecule has 0 aliphatic carbocycles. The largest absolute Gasteiger partial charge is 0.366 e. The molecule has 1 aromatic carbocycles. The summed E-state index contributed by atoms with van der Waals surface area (Å²) in [4.78, 5) is 8.84. The van der Waals surface area contributed by atoms with E-state index in [-0.39, 0.29) is 29.8 Å². The lowest BCUT2D eigenvalue weighted by atomic mass is 9.99. The molecule has 4 rings (SSSR count). The number of nitrogens with zero attached hydrogens (tertiary/aromatic N) is 6. The molecule has 0 radical (unpaired) electrons. The van der Waals surface area contributed by atoms with E-state index in [2.05, 4.69) is 34.9 Å². The van der Waals surface area contributed by atoms with E-state index in [1.807, 2.05) is 26.1 Å². The number of aliphatic imine (C=N–C) groups is 1. The monoisotopic (exact) mass is 513 g/mol. The number of aryl methyl sites for hydroxylation is 2. The van der Waals surface area contributed by atoms with Gasteiger partial charge in [0.15, 0.2) is 5.96 Å². The summed E-state index contributed by atoms with van der Waals surface area (Å²) in [5.41, 5.74) is 0.687. The van der Waals surface area contributed by atoms with E-state index in [4.69, 9.17) is 0 Å². The third-order valence-corrected chi connectivity index (χ3v) is 5.76. The SMILES string of the molecule is CN=C(NCC1CCc2nnc(C)n2C1)N1CCN(c2ccccc2F)CC1.I. The number of piperazine rings is 1. The summed E-state index contributed by atoms with van der Waals surface area (Å²) in [6.07, 6.45) is 2.09. The van der Waals surface area contributed by atoms with Crippen molar-refractivity contribution >= 4 is 35.6 Å². The first kappa shape index (κ1) is 21.8. The highest BCUT2D eigenvalue weighted by atomic mass is 127. The van der Waals surface area contributed by atoms with Crippen LogP contribution in [-0.2, 0) is 13.0 Å². The number of anilines is 1. The molecular formula is C20H29FIN7. The number of fused-ring (bicyclic) bond motifs is 1. The second kappa shape index (κ2) is 9.73. The van der Waals surface area contributed by atoms with Gasteiger partial charge in [0.25, 0.3) is 0 Å². The topological polar surface area (TPSA) is 61.6 Å². The summed E-state index contributed by atoms with van der Waals surface area (Å²) >= 11 is 0. The van der Waals surface area contributed by atoms with Crippen molar-refractivity contribution in [3.05, 3.63) is 41.7 Å². The predicted molar refractivity (Wildman–Crippen MR) is 124 cm³/mol. The van der Waals surface area contributed by atoms with Gasteiger partial charge in [0.05, 0.1) is 5.69 Å². The van der Waals surface area contributed by atoms with E-state index < -0.39 is 0 Å². The van der Waals surface area contributed by atoms with E-state index in [0.29, 0.717) is 11.6 Å². The van der Waals surface area contributed by atoms with Crippen molar-refractivity contribution in [3.8, 4) is 0 Å². The maximum atomic E-state index is 14.0. The number of aromatic nitrogens is 3. The van der Waals surface area contributed by atoms with Gasteiger partial charge in [-0.1, -0.05) is 12.1 Å². The molecule has 2 aliphatic heterocycles. The zero-order chi connectivity index (χ0) is 19.5. The van der Waals surface area contributed by atoms with Crippen LogP contribution in [0.25, 0.3) is 0 Å². The third-order valence-electron chi connectivity index (χ3n) is 5.76. The molecular weight excluding hydrogens is 484 g/mol. The number of halogens is 2. The van der Waals surface area contributed by atoms with Gasteiger partial charge in [0.1, 0.15) is 17.5 Å². The Morgan fingerprint density at radius 2 is 1.97 bits per heavy atom. The highest BCUT2D eigenvalue weighted by molar-refractivity contribution is 14.0. The average molecular weight is 513 g/mol. The van der Waals surface area contributed by atoms with E-state index >= 15 is 0 Å². The Morgan fingerprint density at radius 1 is 1.21 bits per heavy atom. The maximum absolute atomic E-state index is 14.0. The molecule has 0 bridgehead atoms. The summed E-state index contributed by atoms with van der Waals surface area (Å²) < 4.78 is 16.3. The molecule has 0 saturated carbocycles. The van der Waals surface area contributed by atoms with Crippen LogP contribution in [-0.4, -0.2) is 65.4 Å². The molecule has 0 spiro atoms. The summed E-state index contributed by atoms with van der Waals surface area (Å²) in [5.74, 6) is 3.41. The van der Waals surface area contributed by atoms with E-state index in [1.54, 1.807) is 6.07 Å². The van der Waals surface area contributed by atoms with Crippen LogP contribution in [0.15, 0.2) is 29.3 Å². The highest BCUT2D eigenvalue weighted by Crippen LogP contribution is 2.21. The molecule has 29 heavy (non-hydrogen) atoms. The van der Waals surface area contributed by atoms with Gasteiger partial charge in [-0.3, -0.25) is 4.99 Å². The number of hydrogen-bond acceptors (Lipinski definition) is 4. The number of guanidine groups is 1. The molecule has 3 heterocycles. The fourth-order valence-electron chi connectivity index (χ4n) is 4.13. The quantitative estimate of drug-likeness (QED) is 0.388. The fourth-order valence-corrected chi connectivity index (χ4v) is 4.13. The van der Waals surface area contributed by atoms with Gasteiger partial charge in [0, 0.05) is 52.7 Å². The number of para-hydroxylation sites is 1. The Balaban J connectivity index is 0.00000240. The minimum Gasteiger partial charge on any atom is -0.366 e. The molecule has 1 saturated heterocycles. The van der Waals surface area contributed by atoms with Gasteiger partial charge >= 0.3 is 0 Å². The van der Waals surface area contributed by atoms with Crippen molar-refractivity contribution in [3.63, 3.8) is 0 Å². The molecule has 0 amide bonds. The first-order valence-corrected chi connectivity index (χ1v) is 9.99. The minimum atomic E-state index is -0.153. The molecule has 1 atom stereocenters. The average Bonchev–Trinajstić information content (AvgIpc) is 3.10. The van der Waals surface area contributed by atoms with Crippen LogP contribution in [0.4, 0.5) is 10.1 Å². The number of nitrogens with one attached hydrogen (secondary N) is 1. The minimum absolute atomic E-state index is 0. The molecule has 158 valence electrons. The highest BCUT2D eigenvalue weighted by Gasteiger charge is 2.24. The van der Waals surface area contributed by atoms with Gasteiger partial charge in [-0.2, -0.15) is 0 Å². The molecule has 1 unspecified atom stereocenters. The Labute approximate surface area is 188 Å². The molecule has 9 heteroatoms. The van der Waals surface area contributed by atoms with Crippen molar-refractivity contribution < 1.29 is 4.39 Å². The van der Waals surface area contributed by atoms with Crippen LogP contribution in [0.1, 0.15) is 18.1 Å². The zero-order valence-corrected chi connectivity index (χ0v) is 19.3. The van der Waals surface area contributed by atoms with Crippen LogP contribution in [0.3, 0.4) is 0 Å². The van der Waals surface area contributed by atoms with Crippen LogP contribution < -0.4 is 10.2 Å². The Morgan fingerprint density at radius 3 is 2.69 bits per heavy atom. The van der Waals surface area contributed by atoms with Crippen molar-refractivity contribution in [1.82, 2.24) is 25.0 Å². The number of rotatable bonds is 3. The van der Waals surface area contributed by atoms with E-state index in [1.165, 1.54) is 6.07 Å². The zero-order valence-electron chi connectivity index (χ0n) is 17.0. The van der Waals surface area contributed by atoms with Gasteiger partial charge in [-0.25, -0.2) is 4.39 Å². The van der Waals surface area contributed by atoms with E-state index in [0.717, 1.165) is 69.7 Å². The molecule has 1 fully saturated rings. The Kier molecular flexibility index (Phi) is 7.31. The van der Waals surface area contributed by atoms with E-state index in [9.17, 15) is 4.39 Å². The summed E-state index contributed by atoms with van der Waals surface area (Å²) in [6, 6.07) is 6.99. The maximum Gasteiger partial charge on any atom is 0.193 e. The molecule has 2 aliphatic rings. The van der Waals surface area contributed by atoms with Crippen LogP contribution >= 0.6 is 24.0 Å². The third kappa shape index (κ3) is 4.81. The lowest BCUT2D eigenvalue weighted by Gasteiger charge is -2.38. The Hall–Kier alpha value is -1.91. The van der Waals surface area contributed by atoms with Crippen LogP contribution in [0, 0.1) is 18.7 Å². The number of hydrogen-bond donors (Lipinski definition) is 1. The Bertz CT molecular complexity index is 845. The van der Waals surface area contributed by atoms with Gasteiger partial charge in [-0.05, 0) is 31.4 Å². The fraction of sp³-hybridized carbons (Fsp3) is 0.550. The smallest absolute Gasteiger partial charge is 0.193 e. The molecule has 2 aromatic rings. The van der Waals surface area contributed by atoms with Crippen molar-refractivity contribution in [1.29, 1.82) is 0 Å². The second-order valence-corrected chi connectivity index (χ2v) is 7.53. The van der Waals surface area contributed by atoms with Gasteiger partial charge in [0.2, 0.25) is 0 Å². The first-order chi connectivity index (χ1) is 13.7. The standard InChI is InChI=1S/C20H28FN7.HI/c1-15-24-25-19-8-7-16(14-28(15)19)13-23-20(22-2)27-11-9-26(10-12-27)18-6-4-3-5-17(18)21;/h3-6,16H,7-14H2,1-2H3,(H,22,23);1H. The summed E-state index contributed by atoms with van der Waals surface area (Å²) in [7, 11) is 1.83. The van der Waals surface area contributed by atoms with Crippen molar-refractivity contribution in [2.45, 2.75) is 26.3 Å². The van der Waals surface area contributed by atoms with Crippen LogP contribution in [0.5, 0.6) is 0 Å². The normalized spacial score (nSPS) is 19.6. The second-order valence-electron chi connectivity index (χ2n) is 7.53. The molecule has 1 N–H and O–H groups in total. The lowest BCUT2D eigenvalue weighted by Crippen LogP contribution is -2.53. The predicted octanol–water partition coefficient (Wildman–Crippen LogP) is 2.30. The van der Waals surface area contributed by atoms with Crippen molar-refractivity contribution in [2.24, 2.45) is 10.9 Å². The number of benzene rings is 1. The van der Waals surface area contributed by atoms with Gasteiger partial charge < -0.3 is 19.7 Å². The molecule has 7 nitrogen and oxygen atoms in total. The summed E-state index contributed by atoms with van der Waals surface area (Å²) in [6.45, 7) is 7.08. The molecule has 1 aromatic heterocycles. The summed E-state index contributed by atoms with van der Waals surface area (Å²) in [5, 5.41) is 12.0.